The van der Waals surface area contributed by atoms with Crippen LogP contribution in [0.2, 0.25) is 0 Å². The van der Waals surface area contributed by atoms with Crippen molar-refractivity contribution in [3.8, 4) is 0 Å². The van der Waals surface area contributed by atoms with E-state index in [-0.39, 0.29) is 29.4 Å². The molecule has 0 fully saturated rings. The van der Waals surface area contributed by atoms with Gasteiger partial charge in [0.1, 0.15) is 23.7 Å². The first-order valence-corrected chi connectivity index (χ1v) is 8.85. The molecule has 2 aromatic rings. The number of furan rings is 1. The zero-order chi connectivity index (χ0) is 20.8. The van der Waals surface area contributed by atoms with Gasteiger partial charge in [0, 0.05) is 0 Å². The van der Waals surface area contributed by atoms with Crippen molar-refractivity contribution in [1.82, 2.24) is 25.5 Å². The van der Waals surface area contributed by atoms with E-state index in [2.05, 4.69) is 20.9 Å². The molecule has 28 heavy (non-hydrogen) atoms. The molecule has 2 N–H and O–H groups in total. The van der Waals surface area contributed by atoms with Crippen molar-refractivity contribution in [2.45, 2.75) is 40.8 Å². The maximum atomic E-state index is 12.1. The van der Waals surface area contributed by atoms with Crippen molar-refractivity contribution in [2.24, 2.45) is 0 Å². The average molecular weight is 392 g/mol. The van der Waals surface area contributed by atoms with Crippen LogP contribution in [0.25, 0.3) is 0 Å². The molecule has 152 valence electrons. The average Bonchev–Trinajstić information content (AvgIpc) is 3.22. The Kier molecular flexibility index (Phi) is 6.88. The highest BCUT2D eigenvalue weighted by molar-refractivity contribution is 5.92. The summed E-state index contributed by atoms with van der Waals surface area (Å²) < 4.78 is 6.71. The Balaban J connectivity index is 1.91. The van der Waals surface area contributed by atoms with Crippen LogP contribution in [0.15, 0.2) is 16.5 Å². The minimum absolute atomic E-state index is 0.0733. The van der Waals surface area contributed by atoms with E-state index in [1.54, 1.807) is 6.07 Å². The summed E-state index contributed by atoms with van der Waals surface area (Å²) in [5.74, 6) is -0.457. The first-order chi connectivity index (χ1) is 13.3. The second kappa shape index (κ2) is 9.13. The van der Waals surface area contributed by atoms with Crippen molar-refractivity contribution < 1.29 is 18.9 Å². The lowest BCUT2D eigenvalue weighted by Crippen LogP contribution is -2.43. The van der Waals surface area contributed by atoms with Gasteiger partial charge < -0.3 is 4.42 Å². The van der Waals surface area contributed by atoms with Crippen molar-refractivity contribution in [3.63, 3.8) is 0 Å². The second-order valence-corrected chi connectivity index (χ2v) is 6.16. The van der Waals surface area contributed by atoms with Crippen LogP contribution in [0.1, 0.15) is 41.6 Å². The first-order valence-electron chi connectivity index (χ1n) is 8.85. The lowest BCUT2D eigenvalue weighted by atomic mass is 10.3. The number of nitrogens with zero attached hydrogens (tertiary/aromatic N) is 4. The van der Waals surface area contributed by atoms with Gasteiger partial charge in [0.2, 0.25) is 0 Å². The summed E-state index contributed by atoms with van der Waals surface area (Å²) >= 11 is 0. The second-order valence-electron chi connectivity index (χ2n) is 6.16. The standard InChI is InChI=1S/C17H24N6O5/c1-5-21(6-2)9-13-7-8-14(28-13)17(25)19-18-15(24)10-22-12(4)16(23(26)27)11(3)20-22/h7-8H,5-6,9-10H2,1-4H3,(H,18,24)(H,19,25). The van der Waals surface area contributed by atoms with E-state index in [1.165, 1.54) is 24.6 Å². The molecule has 0 saturated heterocycles. The summed E-state index contributed by atoms with van der Waals surface area (Å²) in [6, 6.07) is 3.24. The number of aryl methyl sites for hydroxylation is 1. The fourth-order valence-electron chi connectivity index (χ4n) is 2.72. The summed E-state index contributed by atoms with van der Waals surface area (Å²) in [6.45, 7) is 9.10. The Morgan fingerprint density at radius 3 is 2.50 bits per heavy atom. The van der Waals surface area contributed by atoms with Crippen LogP contribution in [-0.4, -0.2) is 44.5 Å². The van der Waals surface area contributed by atoms with Crippen molar-refractivity contribution in [3.05, 3.63) is 45.2 Å². The minimum Gasteiger partial charge on any atom is -0.454 e. The fourth-order valence-corrected chi connectivity index (χ4v) is 2.72. The Hall–Kier alpha value is -3.21. The molecule has 2 rings (SSSR count). The van der Waals surface area contributed by atoms with E-state index >= 15 is 0 Å². The molecular formula is C17H24N6O5. The molecule has 11 nitrogen and oxygen atoms in total. The minimum atomic E-state index is -0.599. The van der Waals surface area contributed by atoms with Crippen LogP contribution in [-0.2, 0) is 17.9 Å². The van der Waals surface area contributed by atoms with E-state index in [0.717, 1.165) is 13.1 Å². The predicted molar refractivity (Wildman–Crippen MR) is 99.3 cm³/mol. The first kappa shape index (κ1) is 21.1. The third kappa shape index (κ3) is 4.94. The van der Waals surface area contributed by atoms with Gasteiger partial charge in [-0.25, -0.2) is 0 Å². The third-order valence-corrected chi connectivity index (χ3v) is 4.29. The van der Waals surface area contributed by atoms with Crippen LogP contribution in [0, 0.1) is 24.0 Å². The topological polar surface area (TPSA) is 136 Å². The number of nitro groups is 1. The molecule has 0 bridgehead atoms. The maximum Gasteiger partial charge on any atom is 0.312 e. The number of hydrogen-bond acceptors (Lipinski definition) is 7. The highest BCUT2D eigenvalue weighted by Crippen LogP contribution is 2.21. The van der Waals surface area contributed by atoms with Gasteiger partial charge in [0.05, 0.1) is 11.5 Å². The Bertz CT molecular complexity index is 868. The molecule has 0 unspecified atom stereocenters. The maximum absolute atomic E-state index is 12.1. The van der Waals surface area contributed by atoms with Crippen LogP contribution in [0.3, 0.4) is 0 Å². The van der Waals surface area contributed by atoms with E-state index in [0.29, 0.717) is 12.3 Å². The van der Waals surface area contributed by atoms with Crippen molar-refractivity contribution in [2.75, 3.05) is 13.1 Å². The zero-order valence-electron chi connectivity index (χ0n) is 16.3. The van der Waals surface area contributed by atoms with E-state index in [4.69, 9.17) is 4.42 Å². The highest BCUT2D eigenvalue weighted by atomic mass is 16.6. The van der Waals surface area contributed by atoms with Crippen LogP contribution in [0.4, 0.5) is 5.69 Å². The van der Waals surface area contributed by atoms with Gasteiger partial charge in [-0.1, -0.05) is 13.8 Å². The summed E-state index contributed by atoms with van der Waals surface area (Å²) in [5, 5.41) is 15.0. The number of carbonyl (C=O) groups is 2. The predicted octanol–water partition coefficient (Wildman–Crippen LogP) is 1.30. The zero-order valence-corrected chi connectivity index (χ0v) is 16.3. The molecule has 2 amide bonds. The largest absolute Gasteiger partial charge is 0.454 e. The molecular weight excluding hydrogens is 368 g/mol. The quantitative estimate of drug-likeness (QED) is 0.510. The van der Waals surface area contributed by atoms with Gasteiger partial charge in [0.15, 0.2) is 5.76 Å². The number of nitrogens with one attached hydrogen (secondary N) is 2. The normalized spacial score (nSPS) is 10.9. The summed E-state index contributed by atoms with van der Waals surface area (Å²) in [7, 11) is 0. The molecule has 0 atom stereocenters. The van der Waals surface area contributed by atoms with Crippen molar-refractivity contribution in [1.29, 1.82) is 0 Å². The van der Waals surface area contributed by atoms with Crippen LogP contribution < -0.4 is 10.9 Å². The van der Waals surface area contributed by atoms with Crippen molar-refractivity contribution >= 4 is 17.5 Å². The molecule has 0 spiro atoms. The highest BCUT2D eigenvalue weighted by Gasteiger charge is 2.23. The van der Waals surface area contributed by atoms with E-state index in [1.807, 2.05) is 13.8 Å². The number of rotatable bonds is 8. The number of carbonyl (C=O) groups excluding carboxylic acids is 2. The molecule has 0 aromatic carbocycles. The summed E-state index contributed by atoms with van der Waals surface area (Å²) in [6.07, 6.45) is 0. The van der Waals surface area contributed by atoms with E-state index < -0.39 is 16.7 Å². The van der Waals surface area contributed by atoms with Crippen LogP contribution in [0.5, 0.6) is 0 Å². The van der Waals surface area contributed by atoms with Gasteiger partial charge in [-0.2, -0.15) is 5.10 Å². The molecule has 2 aromatic heterocycles. The van der Waals surface area contributed by atoms with Gasteiger partial charge in [-0.3, -0.25) is 40.1 Å². The Morgan fingerprint density at radius 1 is 1.25 bits per heavy atom. The monoisotopic (exact) mass is 392 g/mol. The van der Waals surface area contributed by atoms with Gasteiger partial charge >= 0.3 is 11.6 Å². The van der Waals surface area contributed by atoms with Gasteiger partial charge in [-0.15, -0.1) is 0 Å². The van der Waals surface area contributed by atoms with Gasteiger partial charge in [-0.05, 0) is 39.1 Å². The number of amides is 2. The smallest absolute Gasteiger partial charge is 0.312 e. The molecule has 0 saturated carbocycles. The third-order valence-electron chi connectivity index (χ3n) is 4.29. The lowest BCUT2D eigenvalue weighted by Gasteiger charge is -2.15. The molecule has 0 radical (unpaired) electrons. The lowest BCUT2D eigenvalue weighted by molar-refractivity contribution is -0.386. The number of hydrazine groups is 1. The Morgan fingerprint density at radius 2 is 1.93 bits per heavy atom. The number of aromatic nitrogens is 2. The summed E-state index contributed by atoms with van der Waals surface area (Å²) in [4.78, 5) is 36.7. The van der Waals surface area contributed by atoms with Gasteiger partial charge in [0.25, 0.3) is 5.91 Å². The Labute approximate surface area is 161 Å². The molecule has 0 aliphatic heterocycles. The van der Waals surface area contributed by atoms with Crippen LogP contribution >= 0.6 is 0 Å². The SMILES string of the molecule is CCN(CC)Cc1ccc(C(=O)NNC(=O)Cn2nc(C)c([N+](=O)[O-])c2C)o1. The molecule has 0 aliphatic carbocycles. The fraction of sp³-hybridized carbons (Fsp3) is 0.471. The summed E-state index contributed by atoms with van der Waals surface area (Å²) in [5.41, 5.74) is 4.85. The molecule has 2 heterocycles. The van der Waals surface area contributed by atoms with E-state index in [9.17, 15) is 19.7 Å². The molecule has 0 aliphatic rings. The molecule has 11 heteroatoms. The number of hydrogen-bond donors (Lipinski definition) is 2.